The van der Waals surface area contributed by atoms with Gasteiger partial charge in [0.1, 0.15) is 6.04 Å². The van der Waals surface area contributed by atoms with Gasteiger partial charge < -0.3 is 5.32 Å². The molecule has 0 radical (unpaired) electrons. The van der Waals surface area contributed by atoms with Crippen molar-refractivity contribution < 1.29 is 13.2 Å². The summed E-state index contributed by atoms with van der Waals surface area (Å²) < 4.78 is 29.4. The van der Waals surface area contributed by atoms with Gasteiger partial charge in [-0.15, -0.1) is 0 Å². The highest BCUT2D eigenvalue weighted by Crippen LogP contribution is 2.18. The van der Waals surface area contributed by atoms with E-state index in [-0.39, 0.29) is 11.3 Å². The van der Waals surface area contributed by atoms with Crippen LogP contribution in [-0.4, -0.2) is 20.4 Å². The highest BCUT2D eigenvalue weighted by molar-refractivity contribution is 14.1. The number of amides is 1. The number of hydrogen-bond acceptors (Lipinski definition) is 3. The van der Waals surface area contributed by atoms with Crippen molar-refractivity contribution in [3.63, 3.8) is 0 Å². The third kappa shape index (κ3) is 5.90. The van der Waals surface area contributed by atoms with Gasteiger partial charge in [0.2, 0.25) is 15.9 Å². The van der Waals surface area contributed by atoms with Crippen LogP contribution in [0.5, 0.6) is 0 Å². The van der Waals surface area contributed by atoms with Crippen LogP contribution in [0.15, 0.2) is 77.7 Å². The van der Waals surface area contributed by atoms with Crippen molar-refractivity contribution in [1.82, 2.24) is 4.72 Å². The first kappa shape index (κ1) is 22.5. The number of hydrogen-bond donors (Lipinski definition) is 2. The summed E-state index contributed by atoms with van der Waals surface area (Å²) >= 11 is 2.11. The van der Waals surface area contributed by atoms with Crippen LogP contribution in [0.1, 0.15) is 16.7 Å². The second-order valence-electron chi connectivity index (χ2n) is 7.13. The fourth-order valence-corrected chi connectivity index (χ4v) is 4.55. The molecule has 0 bridgehead atoms. The lowest BCUT2D eigenvalue weighted by Crippen LogP contribution is -2.45. The second-order valence-corrected chi connectivity index (χ2v) is 10.1. The van der Waals surface area contributed by atoms with Gasteiger partial charge in [0.05, 0.1) is 4.90 Å². The van der Waals surface area contributed by atoms with Gasteiger partial charge in [-0.3, -0.25) is 4.79 Å². The van der Waals surface area contributed by atoms with Gasteiger partial charge in [-0.2, -0.15) is 4.72 Å². The third-order valence-corrected chi connectivity index (χ3v) is 6.88. The summed E-state index contributed by atoms with van der Waals surface area (Å²) in [5.74, 6) is -0.401. The first-order valence-corrected chi connectivity index (χ1v) is 12.0. The Morgan fingerprint density at radius 1 is 0.967 bits per heavy atom. The maximum Gasteiger partial charge on any atom is 0.242 e. The molecule has 5 nitrogen and oxygen atoms in total. The molecule has 0 saturated carbocycles. The van der Waals surface area contributed by atoms with E-state index in [1.807, 2.05) is 62.4 Å². The molecule has 2 N–H and O–H groups in total. The van der Waals surface area contributed by atoms with Gasteiger partial charge in [-0.1, -0.05) is 42.5 Å². The third-order valence-electron chi connectivity index (χ3n) is 4.67. The molecule has 3 aromatic rings. The number of aryl methyl sites for hydroxylation is 2. The monoisotopic (exact) mass is 534 g/mol. The van der Waals surface area contributed by atoms with Crippen molar-refractivity contribution in [1.29, 1.82) is 0 Å². The van der Waals surface area contributed by atoms with E-state index in [0.717, 1.165) is 20.3 Å². The van der Waals surface area contributed by atoms with Crippen molar-refractivity contribution in [2.24, 2.45) is 0 Å². The Labute approximate surface area is 191 Å². The van der Waals surface area contributed by atoms with Crippen LogP contribution < -0.4 is 10.0 Å². The average molecular weight is 534 g/mol. The summed E-state index contributed by atoms with van der Waals surface area (Å²) in [4.78, 5) is 13.2. The van der Waals surface area contributed by atoms with Gasteiger partial charge in [-0.05, 0) is 89.9 Å². The lowest BCUT2D eigenvalue weighted by molar-refractivity contribution is -0.117. The van der Waals surface area contributed by atoms with Crippen molar-refractivity contribution >= 4 is 44.2 Å². The largest absolute Gasteiger partial charge is 0.324 e. The summed E-state index contributed by atoms with van der Waals surface area (Å²) in [6, 6.07) is 20.7. The van der Waals surface area contributed by atoms with Crippen LogP contribution in [0, 0.1) is 17.4 Å². The van der Waals surface area contributed by atoms with E-state index < -0.39 is 22.0 Å². The molecule has 0 saturated heterocycles. The van der Waals surface area contributed by atoms with Crippen molar-refractivity contribution in [2.75, 3.05) is 5.32 Å². The van der Waals surface area contributed by atoms with Crippen LogP contribution in [0.2, 0.25) is 0 Å². The molecule has 0 aliphatic rings. The normalized spacial score (nSPS) is 12.4. The lowest BCUT2D eigenvalue weighted by Gasteiger charge is -2.20. The van der Waals surface area contributed by atoms with Gasteiger partial charge in [-0.25, -0.2) is 8.42 Å². The molecule has 0 heterocycles. The molecule has 3 rings (SSSR count). The smallest absolute Gasteiger partial charge is 0.242 e. The lowest BCUT2D eigenvalue weighted by atomic mass is 10.1. The summed E-state index contributed by atoms with van der Waals surface area (Å²) in [5, 5.41) is 2.89. The Bertz CT molecular complexity index is 1130. The zero-order valence-corrected chi connectivity index (χ0v) is 19.7. The fourth-order valence-electron chi connectivity index (χ4n) is 3.00. The highest BCUT2D eigenvalue weighted by atomic mass is 127. The number of nitrogens with one attached hydrogen (secondary N) is 2. The number of anilines is 1. The standard InChI is InChI=1S/C23H23IN2O3S/c1-16-8-9-17(2)21(14-16)25-23(27)22(15-18-6-4-3-5-7-18)26-30(28,29)20-12-10-19(24)11-13-20/h3-14,22,26H,15H2,1-2H3,(H,25,27)/t22-/m1/s1. The predicted octanol–water partition coefficient (Wildman–Crippen LogP) is 4.44. The van der Waals surface area contributed by atoms with Crippen LogP contribution in [0.25, 0.3) is 0 Å². The fraction of sp³-hybridized carbons (Fsp3) is 0.174. The Morgan fingerprint density at radius 3 is 2.30 bits per heavy atom. The first-order chi connectivity index (χ1) is 14.2. The molecule has 0 fully saturated rings. The van der Waals surface area contributed by atoms with Gasteiger partial charge in [0, 0.05) is 9.26 Å². The van der Waals surface area contributed by atoms with E-state index in [0.29, 0.717) is 5.69 Å². The van der Waals surface area contributed by atoms with Gasteiger partial charge >= 0.3 is 0 Å². The molecule has 0 aliphatic heterocycles. The van der Waals surface area contributed by atoms with Crippen LogP contribution in [-0.2, 0) is 21.2 Å². The van der Waals surface area contributed by atoms with Crippen molar-refractivity contribution in [3.05, 3.63) is 93.1 Å². The van der Waals surface area contributed by atoms with E-state index in [1.165, 1.54) is 12.1 Å². The van der Waals surface area contributed by atoms with Gasteiger partial charge in [0.25, 0.3) is 0 Å². The first-order valence-electron chi connectivity index (χ1n) is 9.44. The summed E-state index contributed by atoms with van der Waals surface area (Å²) in [6.45, 7) is 3.84. The van der Waals surface area contributed by atoms with Gasteiger partial charge in [0.15, 0.2) is 0 Å². The molecule has 0 spiro atoms. The average Bonchev–Trinajstić information content (AvgIpc) is 2.71. The summed E-state index contributed by atoms with van der Waals surface area (Å²) in [5.41, 5.74) is 3.46. The minimum atomic E-state index is -3.87. The quantitative estimate of drug-likeness (QED) is 0.441. The Morgan fingerprint density at radius 2 is 1.63 bits per heavy atom. The zero-order chi connectivity index (χ0) is 21.7. The summed E-state index contributed by atoms with van der Waals surface area (Å²) in [7, 11) is -3.87. The number of halogens is 1. The maximum atomic E-state index is 13.1. The van der Waals surface area contributed by atoms with E-state index in [9.17, 15) is 13.2 Å². The maximum absolute atomic E-state index is 13.1. The molecular weight excluding hydrogens is 511 g/mol. The Kier molecular flexibility index (Phi) is 7.27. The Hall–Kier alpha value is -2.23. The number of rotatable bonds is 7. The Balaban J connectivity index is 1.88. The number of sulfonamides is 1. The molecule has 30 heavy (non-hydrogen) atoms. The molecule has 0 aliphatic carbocycles. The molecular formula is C23H23IN2O3S. The second kappa shape index (κ2) is 9.72. The van der Waals surface area contributed by atoms with E-state index in [2.05, 4.69) is 32.6 Å². The van der Waals surface area contributed by atoms with E-state index >= 15 is 0 Å². The SMILES string of the molecule is Cc1ccc(C)c(NC(=O)[C@@H](Cc2ccccc2)NS(=O)(=O)c2ccc(I)cc2)c1. The molecule has 0 unspecified atom stereocenters. The van der Waals surface area contributed by atoms with Crippen molar-refractivity contribution in [2.45, 2.75) is 31.2 Å². The zero-order valence-electron chi connectivity index (χ0n) is 16.7. The molecule has 1 atom stereocenters. The van der Waals surface area contributed by atoms with Crippen LogP contribution in [0.4, 0.5) is 5.69 Å². The minimum Gasteiger partial charge on any atom is -0.324 e. The van der Waals surface area contributed by atoms with Crippen LogP contribution in [0.3, 0.4) is 0 Å². The predicted molar refractivity (Wildman–Crippen MR) is 128 cm³/mol. The number of carbonyl (C=O) groups is 1. The van der Waals surface area contributed by atoms with Crippen LogP contribution >= 0.6 is 22.6 Å². The highest BCUT2D eigenvalue weighted by Gasteiger charge is 2.26. The topological polar surface area (TPSA) is 75.3 Å². The molecule has 156 valence electrons. The minimum absolute atomic E-state index is 0.125. The number of benzene rings is 3. The molecule has 3 aromatic carbocycles. The van der Waals surface area contributed by atoms with E-state index in [4.69, 9.17) is 0 Å². The molecule has 1 amide bonds. The number of carbonyl (C=O) groups excluding carboxylic acids is 1. The van der Waals surface area contributed by atoms with E-state index in [1.54, 1.807) is 12.1 Å². The summed E-state index contributed by atoms with van der Waals surface area (Å²) in [6.07, 6.45) is 0.237. The van der Waals surface area contributed by atoms with Crippen molar-refractivity contribution in [3.8, 4) is 0 Å². The molecule has 0 aromatic heterocycles. The molecule has 7 heteroatoms.